The molecule has 2 rings (SSSR count). The lowest BCUT2D eigenvalue weighted by Crippen LogP contribution is -2.23. The van der Waals surface area contributed by atoms with E-state index in [-0.39, 0.29) is 0 Å². The molecule has 1 aromatic carbocycles. The predicted octanol–water partition coefficient (Wildman–Crippen LogP) is 2.58. The fourth-order valence-electron chi connectivity index (χ4n) is 2.00. The second kappa shape index (κ2) is 6.29. The summed E-state index contributed by atoms with van der Waals surface area (Å²) < 4.78 is 0. The van der Waals surface area contributed by atoms with Gasteiger partial charge in [-0.05, 0) is 38.9 Å². The van der Waals surface area contributed by atoms with Crippen LogP contribution in [0.2, 0.25) is 0 Å². The van der Waals surface area contributed by atoms with Gasteiger partial charge in [-0.15, -0.1) is 0 Å². The first-order valence-corrected chi connectivity index (χ1v) is 6.55. The SMILES string of the molecule is Cc1cnc(C)c(N(CCCN)c2ccccc2)n1. The van der Waals surface area contributed by atoms with Crippen LogP contribution in [0, 0.1) is 13.8 Å². The van der Waals surface area contributed by atoms with E-state index in [0.717, 1.165) is 35.9 Å². The van der Waals surface area contributed by atoms with Crippen molar-refractivity contribution in [1.82, 2.24) is 9.97 Å². The van der Waals surface area contributed by atoms with Crippen molar-refractivity contribution in [3.63, 3.8) is 0 Å². The molecule has 0 unspecified atom stereocenters. The zero-order valence-corrected chi connectivity index (χ0v) is 11.5. The van der Waals surface area contributed by atoms with Gasteiger partial charge < -0.3 is 10.6 Å². The Balaban J connectivity index is 2.40. The standard InChI is InChI=1S/C15H20N4/c1-12-11-17-13(2)15(18-12)19(10-6-9-16)14-7-4-3-5-8-14/h3-5,7-8,11H,6,9-10,16H2,1-2H3. The highest BCUT2D eigenvalue weighted by atomic mass is 15.2. The normalized spacial score (nSPS) is 10.5. The Hall–Kier alpha value is -1.94. The van der Waals surface area contributed by atoms with Gasteiger partial charge in [0.2, 0.25) is 0 Å². The molecule has 1 heterocycles. The quantitative estimate of drug-likeness (QED) is 0.893. The van der Waals surface area contributed by atoms with Crippen molar-refractivity contribution >= 4 is 11.5 Å². The van der Waals surface area contributed by atoms with Crippen LogP contribution < -0.4 is 10.6 Å². The molecule has 0 bridgehead atoms. The highest BCUT2D eigenvalue weighted by molar-refractivity contribution is 5.61. The van der Waals surface area contributed by atoms with Crippen LogP contribution in [0.4, 0.5) is 11.5 Å². The molecule has 0 saturated heterocycles. The van der Waals surface area contributed by atoms with Crippen molar-refractivity contribution in [2.75, 3.05) is 18.0 Å². The summed E-state index contributed by atoms with van der Waals surface area (Å²) in [5.41, 5.74) is 8.62. The molecule has 100 valence electrons. The van der Waals surface area contributed by atoms with Gasteiger partial charge in [0, 0.05) is 18.4 Å². The van der Waals surface area contributed by atoms with Gasteiger partial charge in [0.25, 0.3) is 0 Å². The Kier molecular flexibility index (Phi) is 4.47. The molecule has 0 atom stereocenters. The zero-order chi connectivity index (χ0) is 13.7. The average molecular weight is 256 g/mol. The molecule has 0 saturated carbocycles. The zero-order valence-electron chi connectivity index (χ0n) is 11.5. The van der Waals surface area contributed by atoms with Crippen LogP contribution >= 0.6 is 0 Å². The lowest BCUT2D eigenvalue weighted by molar-refractivity contribution is 0.802. The van der Waals surface area contributed by atoms with Gasteiger partial charge in [-0.2, -0.15) is 0 Å². The number of hydrogen-bond acceptors (Lipinski definition) is 4. The van der Waals surface area contributed by atoms with Crippen molar-refractivity contribution in [1.29, 1.82) is 0 Å². The summed E-state index contributed by atoms with van der Waals surface area (Å²) >= 11 is 0. The molecule has 19 heavy (non-hydrogen) atoms. The molecule has 0 amide bonds. The Morgan fingerprint density at radius 1 is 1.16 bits per heavy atom. The average Bonchev–Trinajstić information content (AvgIpc) is 2.44. The molecule has 4 nitrogen and oxygen atoms in total. The number of rotatable bonds is 5. The lowest BCUT2D eigenvalue weighted by Gasteiger charge is -2.25. The monoisotopic (exact) mass is 256 g/mol. The third-order valence-corrected chi connectivity index (χ3v) is 2.96. The lowest BCUT2D eigenvalue weighted by atomic mass is 10.2. The fraction of sp³-hybridized carbons (Fsp3) is 0.333. The number of hydrogen-bond donors (Lipinski definition) is 1. The molecular weight excluding hydrogens is 236 g/mol. The van der Waals surface area contributed by atoms with Crippen molar-refractivity contribution in [2.45, 2.75) is 20.3 Å². The highest BCUT2D eigenvalue weighted by Crippen LogP contribution is 2.25. The van der Waals surface area contributed by atoms with Crippen LogP contribution in [0.15, 0.2) is 36.5 Å². The molecule has 2 aromatic rings. The number of aromatic nitrogens is 2. The number of anilines is 2. The van der Waals surface area contributed by atoms with Gasteiger partial charge in [0.15, 0.2) is 5.82 Å². The molecule has 4 heteroatoms. The summed E-state index contributed by atoms with van der Waals surface area (Å²) in [6.07, 6.45) is 2.72. The summed E-state index contributed by atoms with van der Waals surface area (Å²) in [5.74, 6) is 0.916. The molecule has 0 spiro atoms. The van der Waals surface area contributed by atoms with Gasteiger partial charge >= 0.3 is 0 Å². The van der Waals surface area contributed by atoms with E-state index in [0.29, 0.717) is 6.54 Å². The third-order valence-electron chi connectivity index (χ3n) is 2.96. The van der Waals surface area contributed by atoms with E-state index in [9.17, 15) is 0 Å². The summed E-state index contributed by atoms with van der Waals surface area (Å²) in [5, 5.41) is 0. The summed E-state index contributed by atoms with van der Waals surface area (Å²) in [4.78, 5) is 11.2. The smallest absolute Gasteiger partial charge is 0.154 e. The van der Waals surface area contributed by atoms with Crippen molar-refractivity contribution in [3.8, 4) is 0 Å². The largest absolute Gasteiger partial charge is 0.330 e. The van der Waals surface area contributed by atoms with E-state index in [1.807, 2.05) is 32.0 Å². The Labute approximate surface area is 114 Å². The van der Waals surface area contributed by atoms with Gasteiger partial charge in [-0.25, -0.2) is 4.98 Å². The maximum atomic E-state index is 5.64. The van der Waals surface area contributed by atoms with E-state index >= 15 is 0 Å². The minimum Gasteiger partial charge on any atom is -0.330 e. The van der Waals surface area contributed by atoms with Crippen LogP contribution in [0.3, 0.4) is 0 Å². The maximum absolute atomic E-state index is 5.64. The van der Waals surface area contributed by atoms with Gasteiger partial charge in [0.1, 0.15) is 0 Å². The Bertz CT molecular complexity index is 525. The van der Waals surface area contributed by atoms with Gasteiger partial charge in [-0.1, -0.05) is 18.2 Å². The van der Waals surface area contributed by atoms with E-state index < -0.39 is 0 Å². The van der Waals surface area contributed by atoms with Crippen molar-refractivity contribution in [3.05, 3.63) is 47.9 Å². The van der Waals surface area contributed by atoms with E-state index in [1.165, 1.54) is 0 Å². The van der Waals surface area contributed by atoms with E-state index in [4.69, 9.17) is 5.73 Å². The van der Waals surface area contributed by atoms with E-state index in [1.54, 1.807) is 6.20 Å². The molecule has 0 aliphatic rings. The summed E-state index contributed by atoms with van der Waals surface area (Å²) in [7, 11) is 0. The molecule has 0 fully saturated rings. The Morgan fingerprint density at radius 3 is 2.58 bits per heavy atom. The Morgan fingerprint density at radius 2 is 1.89 bits per heavy atom. The molecule has 0 aliphatic heterocycles. The van der Waals surface area contributed by atoms with Crippen LogP contribution in [-0.2, 0) is 0 Å². The van der Waals surface area contributed by atoms with Gasteiger partial charge in [-0.3, -0.25) is 4.98 Å². The summed E-state index contributed by atoms with van der Waals surface area (Å²) in [6, 6.07) is 10.2. The number of aryl methyl sites for hydroxylation is 2. The topological polar surface area (TPSA) is 55.0 Å². The molecule has 0 aliphatic carbocycles. The van der Waals surface area contributed by atoms with Crippen LogP contribution in [0.5, 0.6) is 0 Å². The predicted molar refractivity (Wildman–Crippen MR) is 78.6 cm³/mol. The third kappa shape index (κ3) is 3.29. The molecule has 1 aromatic heterocycles. The van der Waals surface area contributed by atoms with E-state index in [2.05, 4.69) is 27.0 Å². The fourth-order valence-corrected chi connectivity index (χ4v) is 2.00. The van der Waals surface area contributed by atoms with Crippen LogP contribution in [-0.4, -0.2) is 23.1 Å². The minimum atomic E-state index is 0.668. The van der Waals surface area contributed by atoms with Crippen molar-refractivity contribution < 1.29 is 0 Å². The number of nitrogens with zero attached hydrogens (tertiary/aromatic N) is 3. The second-order valence-corrected chi connectivity index (χ2v) is 4.55. The maximum Gasteiger partial charge on any atom is 0.154 e. The molecular formula is C15H20N4. The molecule has 0 radical (unpaired) electrons. The van der Waals surface area contributed by atoms with Crippen LogP contribution in [0.25, 0.3) is 0 Å². The van der Waals surface area contributed by atoms with Crippen LogP contribution in [0.1, 0.15) is 17.8 Å². The second-order valence-electron chi connectivity index (χ2n) is 4.55. The number of benzene rings is 1. The molecule has 2 N–H and O–H groups in total. The minimum absolute atomic E-state index is 0.668. The number of nitrogens with two attached hydrogens (primary N) is 1. The highest BCUT2D eigenvalue weighted by Gasteiger charge is 2.13. The van der Waals surface area contributed by atoms with Gasteiger partial charge in [0.05, 0.1) is 11.4 Å². The first kappa shape index (κ1) is 13.5. The number of para-hydroxylation sites is 1. The first-order valence-electron chi connectivity index (χ1n) is 6.55. The summed E-state index contributed by atoms with van der Waals surface area (Å²) in [6.45, 7) is 5.46. The van der Waals surface area contributed by atoms with Crippen molar-refractivity contribution in [2.24, 2.45) is 5.73 Å². The first-order chi connectivity index (χ1) is 9.22.